The van der Waals surface area contributed by atoms with Crippen LogP contribution < -0.4 is 5.73 Å². The molecule has 9 heteroatoms. The molecule has 1 aliphatic heterocycles. The van der Waals surface area contributed by atoms with Gasteiger partial charge in [0.2, 0.25) is 10.0 Å². The number of aromatic nitrogens is 1. The molecule has 0 bridgehead atoms. The quantitative estimate of drug-likeness (QED) is 0.628. The number of amides is 1. The van der Waals surface area contributed by atoms with Gasteiger partial charge in [-0.1, -0.05) is 66.2 Å². The first-order valence-electron chi connectivity index (χ1n) is 9.08. The van der Waals surface area contributed by atoms with Gasteiger partial charge in [0.25, 0.3) is 5.91 Å². The summed E-state index contributed by atoms with van der Waals surface area (Å²) < 4.78 is 29.4. The zero-order valence-corrected chi connectivity index (χ0v) is 17.3. The summed E-state index contributed by atoms with van der Waals surface area (Å²) in [6.45, 7) is 7.52. The van der Waals surface area contributed by atoms with Crippen molar-refractivity contribution in [1.82, 2.24) is 8.87 Å². The molecule has 0 spiro atoms. The molecule has 2 aromatic carbocycles. The SMILES string of the molecule is [C-]#[N+]c1ccc(S(=O)(=O)N2CCn3c(c(C(N)=O)c(Cl)c3-c3ccccc3)C2)cc1. The lowest BCUT2D eigenvalue weighted by Gasteiger charge is -2.29. The van der Waals surface area contributed by atoms with Crippen molar-refractivity contribution in [3.63, 3.8) is 0 Å². The van der Waals surface area contributed by atoms with E-state index >= 15 is 0 Å². The number of halogens is 1. The highest BCUT2D eigenvalue weighted by Gasteiger charge is 2.34. The van der Waals surface area contributed by atoms with Gasteiger partial charge in [0.15, 0.2) is 5.69 Å². The van der Waals surface area contributed by atoms with Crippen molar-refractivity contribution in [2.45, 2.75) is 18.0 Å². The zero-order chi connectivity index (χ0) is 21.5. The van der Waals surface area contributed by atoms with Gasteiger partial charge in [-0.2, -0.15) is 4.31 Å². The van der Waals surface area contributed by atoms with Gasteiger partial charge in [0.05, 0.1) is 34.3 Å². The molecule has 4 rings (SSSR count). The molecule has 1 aliphatic rings. The Kier molecular flexibility index (Phi) is 5.12. The third-order valence-corrected chi connectivity index (χ3v) is 7.34. The number of nitrogens with two attached hydrogens (primary N) is 1. The lowest BCUT2D eigenvalue weighted by atomic mass is 10.1. The highest BCUT2D eigenvalue weighted by atomic mass is 35.5. The maximum absolute atomic E-state index is 13.1. The fourth-order valence-corrected chi connectivity index (χ4v) is 5.48. The summed E-state index contributed by atoms with van der Waals surface area (Å²) in [6, 6.07) is 15.1. The summed E-state index contributed by atoms with van der Waals surface area (Å²) >= 11 is 6.54. The van der Waals surface area contributed by atoms with Crippen LogP contribution in [0.5, 0.6) is 0 Å². The molecule has 0 aliphatic carbocycles. The summed E-state index contributed by atoms with van der Waals surface area (Å²) in [7, 11) is -3.82. The largest absolute Gasteiger partial charge is 0.365 e. The molecule has 7 nitrogen and oxygen atoms in total. The van der Waals surface area contributed by atoms with Crippen LogP contribution in [0.15, 0.2) is 59.5 Å². The Morgan fingerprint density at radius 3 is 2.33 bits per heavy atom. The van der Waals surface area contributed by atoms with Crippen molar-refractivity contribution in [3.05, 3.63) is 82.3 Å². The van der Waals surface area contributed by atoms with E-state index in [-0.39, 0.29) is 28.6 Å². The Hall–Kier alpha value is -3.12. The van der Waals surface area contributed by atoms with Gasteiger partial charge in [-0.05, 0) is 5.56 Å². The van der Waals surface area contributed by atoms with Crippen molar-refractivity contribution in [3.8, 4) is 11.3 Å². The number of hydrogen-bond donors (Lipinski definition) is 1. The molecule has 0 atom stereocenters. The third kappa shape index (κ3) is 3.27. The molecule has 30 heavy (non-hydrogen) atoms. The van der Waals surface area contributed by atoms with E-state index in [4.69, 9.17) is 23.9 Å². The molecule has 0 saturated heterocycles. The highest BCUT2D eigenvalue weighted by Crippen LogP contribution is 2.38. The molecule has 2 heterocycles. The van der Waals surface area contributed by atoms with Crippen LogP contribution in [0.25, 0.3) is 16.1 Å². The van der Waals surface area contributed by atoms with Crippen LogP contribution in [0, 0.1) is 6.57 Å². The molecular weight excluding hydrogens is 424 g/mol. The van der Waals surface area contributed by atoms with Crippen LogP contribution in [-0.4, -0.2) is 29.7 Å². The Bertz CT molecular complexity index is 1280. The predicted molar refractivity (Wildman–Crippen MR) is 114 cm³/mol. The van der Waals surface area contributed by atoms with E-state index in [0.717, 1.165) is 5.56 Å². The minimum absolute atomic E-state index is 0.0300. The summed E-state index contributed by atoms with van der Waals surface area (Å²) in [5.41, 5.74) is 8.04. The smallest absolute Gasteiger partial charge is 0.252 e. The fourth-order valence-electron chi connectivity index (χ4n) is 3.68. The maximum Gasteiger partial charge on any atom is 0.252 e. The summed E-state index contributed by atoms with van der Waals surface area (Å²) in [5.74, 6) is -0.702. The Morgan fingerprint density at radius 2 is 1.73 bits per heavy atom. The van der Waals surface area contributed by atoms with Crippen LogP contribution in [0.3, 0.4) is 0 Å². The number of rotatable bonds is 4. The standard InChI is InChI=1S/C21H17ClN4O3S/c1-24-15-7-9-16(10-8-15)30(28,29)25-11-12-26-17(13-25)18(21(23)27)19(22)20(26)14-5-3-2-4-6-14/h2-10H,11-13H2,(H2,23,27). The van der Waals surface area contributed by atoms with Crippen molar-refractivity contribution >= 4 is 33.2 Å². The zero-order valence-electron chi connectivity index (χ0n) is 15.7. The number of carbonyl (C=O) groups is 1. The van der Waals surface area contributed by atoms with Crippen LogP contribution in [0.1, 0.15) is 16.1 Å². The second-order valence-electron chi connectivity index (χ2n) is 6.81. The van der Waals surface area contributed by atoms with E-state index in [9.17, 15) is 13.2 Å². The van der Waals surface area contributed by atoms with Crippen LogP contribution in [-0.2, 0) is 23.1 Å². The van der Waals surface area contributed by atoms with E-state index in [1.807, 2.05) is 34.9 Å². The van der Waals surface area contributed by atoms with Gasteiger partial charge >= 0.3 is 0 Å². The first-order valence-corrected chi connectivity index (χ1v) is 10.9. The van der Waals surface area contributed by atoms with Crippen molar-refractivity contribution < 1.29 is 13.2 Å². The summed E-state index contributed by atoms with van der Waals surface area (Å²) in [6.07, 6.45) is 0. The molecular formula is C21H17ClN4O3S. The number of fused-ring (bicyclic) bond motifs is 1. The van der Waals surface area contributed by atoms with E-state index in [0.29, 0.717) is 23.6 Å². The van der Waals surface area contributed by atoms with Gasteiger partial charge in [0.1, 0.15) is 0 Å². The normalized spacial score (nSPS) is 14.1. The first-order chi connectivity index (χ1) is 14.3. The molecule has 1 aromatic heterocycles. The molecule has 1 amide bonds. The Balaban J connectivity index is 1.78. The fraction of sp³-hybridized carbons (Fsp3) is 0.143. The number of benzene rings is 2. The molecule has 0 unspecified atom stereocenters. The Morgan fingerprint density at radius 1 is 1.07 bits per heavy atom. The topological polar surface area (TPSA) is 89.8 Å². The number of hydrogen-bond acceptors (Lipinski definition) is 3. The summed E-state index contributed by atoms with van der Waals surface area (Å²) in [5, 5.41) is 0.226. The summed E-state index contributed by atoms with van der Waals surface area (Å²) in [4.78, 5) is 15.5. The average Bonchev–Trinajstić information content (AvgIpc) is 3.05. The van der Waals surface area contributed by atoms with Gasteiger partial charge < -0.3 is 10.3 Å². The Labute approximate surface area is 179 Å². The van der Waals surface area contributed by atoms with Gasteiger partial charge in [-0.3, -0.25) is 4.79 Å². The van der Waals surface area contributed by atoms with Crippen LogP contribution in [0.2, 0.25) is 5.02 Å². The predicted octanol–water partition coefficient (Wildman–Crippen LogP) is 3.66. The van der Waals surface area contributed by atoms with Gasteiger partial charge in [-0.15, -0.1) is 0 Å². The molecule has 0 fully saturated rings. The minimum Gasteiger partial charge on any atom is -0.365 e. The van der Waals surface area contributed by atoms with E-state index in [1.54, 1.807) is 0 Å². The third-order valence-electron chi connectivity index (χ3n) is 5.11. The van der Waals surface area contributed by atoms with Crippen LogP contribution >= 0.6 is 11.6 Å². The number of carbonyl (C=O) groups excluding carboxylic acids is 1. The molecule has 0 radical (unpaired) electrons. The first kappa shape index (κ1) is 20.2. The molecule has 3 aromatic rings. The minimum atomic E-state index is -3.82. The number of sulfonamides is 1. The van der Waals surface area contributed by atoms with Crippen molar-refractivity contribution in [1.29, 1.82) is 0 Å². The van der Waals surface area contributed by atoms with E-state index in [2.05, 4.69) is 4.85 Å². The van der Waals surface area contributed by atoms with Gasteiger partial charge in [-0.25, -0.2) is 13.3 Å². The number of primary amides is 1. The van der Waals surface area contributed by atoms with Crippen LogP contribution in [0.4, 0.5) is 5.69 Å². The second kappa shape index (κ2) is 7.61. The van der Waals surface area contributed by atoms with E-state index in [1.165, 1.54) is 28.6 Å². The second-order valence-corrected chi connectivity index (χ2v) is 9.13. The number of nitrogens with zero attached hydrogens (tertiary/aromatic N) is 3. The monoisotopic (exact) mass is 440 g/mol. The van der Waals surface area contributed by atoms with Crippen molar-refractivity contribution in [2.24, 2.45) is 5.73 Å². The van der Waals surface area contributed by atoms with Crippen molar-refractivity contribution in [2.75, 3.05) is 6.54 Å². The van der Waals surface area contributed by atoms with E-state index < -0.39 is 15.9 Å². The molecule has 0 saturated carbocycles. The maximum atomic E-state index is 13.1. The molecule has 152 valence electrons. The average molecular weight is 441 g/mol. The highest BCUT2D eigenvalue weighted by molar-refractivity contribution is 7.89. The lowest BCUT2D eigenvalue weighted by Crippen LogP contribution is -2.39. The van der Waals surface area contributed by atoms with Gasteiger partial charge in [0, 0.05) is 18.8 Å². The lowest BCUT2D eigenvalue weighted by molar-refractivity contribution is 0.0998. The molecule has 2 N–H and O–H groups in total.